The summed E-state index contributed by atoms with van der Waals surface area (Å²) in [4.78, 5) is 27.0. The molecule has 6 fully saturated rings. The molecule has 0 aromatic heterocycles. The molecular weight excluding hydrogens is 579 g/mol. The Labute approximate surface area is 277 Å². The summed E-state index contributed by atoms with van der Waals surface area (Å²) in [6.07, 6.45) is 19.2. The van der Waals surface area contributed by atoms with Crippen LogP contribution >= 0.6 is 11.8 Å². The van der Waals surface area contributed by atoms with Crippen molar-refractivity contribution in [2.24, 2.45) is 62.5 Å². The van der Waals surface area contributed by atoms with Crippen LogP contribution < -0.4 is 0 Å². The first-order chi connectivity index (χ1) is 21.5. The maximum Gasteiger partial charge on any atom is 0.302 e. The van der Waals surface area contributed by atoms with Gasteiger partial charge in [-0.1, -0.05) is 84.9 Å². The first kappa shape index (κ1) is 33.5. The highest BCUT2D eigenvalue weighted by Crippen LogP contribution is 2.68. The minimum Gasteiger partial charge on any atom is -0.463 e. The van der Waals surface area contributed by atoms with Crippen LogP contribution in [0.2, 0.25) is 0 Å². The molecule has 0 N–H and O–H groups in total. The standard InChI is InChI=1S/C38H61N3O3S/c1-24(2)11-10-12-25(3)30-15-16-31-29-22-34(39-40-36-41(35(43)23-45-36)27-13-8-7-9-14-27)33-21-28(44-26(4)42)17-19-38(33,6)32(29)18-20-37(30,31)5/h24-25,27-33H,7-23H2,1-6H3/b39-34+,40-36-/t25-,28+,29+,30-,31+,32+,33?,37-,38-/m1/s1. The summed E-state index contributed by atoms with van der Waals surface area (Å²) in [5.74, 6) is 5.30. The van der Waals surface area contributed by atoms with E-state index in [9.17, 15) is 9.59 Å². The third-order valence-corrected chi connectivity index (χ3v) is 14.9. The van der Waals surface area contributed by atoms with E-state index < -0.39 is 0 Å². The Bertz CT molecular complexity index is 1160. The lowest BCUT2D eigenvalue weighted by atomic mass is 9.44. The fourth-order valence-corrected chi connectivity index (χ4v) is 12.6. The number of ether oxygens (including phenoxy) is 1. The smallest absolute Gasteiger partial charge is 0.302 e. The van der Waals surface area contributed by atoms with Crippen molar-refractivity contribution in [3.05, 3.63) is 0 Å². The molecule has 1 unspecified atom stereocenters. The second kappa shape index (κ2) is 13.6. The molecule has 0 aromatic rings. The Hall–Kier alpha value is -1.37. The third-order valence-electron chi connectivity index (χ3n) is 14.0. The van der Waals surface area contributed by atoms with Gasteiger partial charge >= 0.3 is 5.97 Å². The molecule has 0 aromatic carbocycles. The van der Waals surface area contributed by atoms with Gasteiger partial charge in [0.25, 0.3) is 0 Å². The van der Waals surface area contributed by atoms with Gasteiger partial charge in [-0.05, 0) is 111 Å². The van der Waals surface area contributed by atoms with Crippen molar-refractivity contribution in [1.29, 1.82) is 0 Å². The van der Waals surface area contributed by atoms with E-state index in [1.807, 2.05) is 4.90 Å². The van der Waals surface area contributed by atoms with Gasteiger partial charge in [-0.25, -0.2) is 0 Å². The summed E-state index contributed by atoms with van der Waals surface area (Å²) in [6, 6.07) is 0.279. The maximum atomic E-state index is 13.0. The Balaban J connectivity index is 1.29. The molecule has 6 rings (SSSR count). The number of carbonyl (C=O) groups is 2. The Kier molecular flexibility index (Phi) is 10.2. The molecule has 6 aliphatic rings. The van der Waals surface area contributed by atoms with E-state index in [4.69, 9.17) is 14.9 Å². The lowest BCUT2D eigenvalue weighted by molar-refractivity contribution is -0.153. The lowest BCUT2D eigenvalue weighted by Gasteiger charge is -2.61. The van der Waals surface area contributed by atoms with Gasteiger partial charge in [0.2, 0.25) is 5.91 Å². The molecule has 252 valence electrons. The van der Waals surface area contributed by atoms with Gasteiger partial charge < -0.3 is 4.74 Å². The molecule has 1 saturated heterocycles. The van der Waals surface area contributed by atoms with E-state index in [0.717, 1.165) is 67.4 Å². The van der Waals surface area contributed by atoms with Gasteiger partial charge in [-0.15, -0.1) is 5.10 Å². The number of fused-ring (bicyclic) bond motifs is 5. The van der Waals surface area contributed by atoms with Crippen molar-refractivity contribution in [3.63, 3.8) is 0 Å². The van der Waals surface area contributed by atoms with Crippen molar-refractivity contribution < 1.29 is 14.3 Å². The molecule has 5 saturated carbocycles. The third kappa shape index (κ3) is 6.55. The number of amides is 1. The number of hydrogen-bond donors (Lipinski definition) is 0. The molecule has 7 heteroatoms. The molecule has 9 atom stereocenters. The number of nitrogens with zero attached hydrogens (tertiary/aromatic N) is 3. The highest BCUT2D eigenvalue weighted by atomic mass is 32.2. The highest BCUT2D eigenvalue weighted by Gasteiger charge is 2.62. The van der Waals surface area contributed by atoms with Gasteiger partial charge in [-0.3, -0.25) is 14.5 Å². The molecule has 1 amide bonds. The average Bonchev–Trinajstić information content (AvgIpc) is 3.55. The average molecular weight is 640 g/mol. The normalized spacial score (nSPS) is 41.3. The fourth-order valence-electron chi connectivity index (χ4n) is 11.8. The summed E-state index contributed by atoms with van der Waals surface area (Å²) in [7, 11) is 0. The minimum absolute atomic E-state index is 0.0347. The van der Waals surface area contributed by atoms with Crippen molar-refractivity contribution >= 4 is 34.5 Å². The predicted octanol–water partition coefficient (Wildman–Crippen LogP) is 9.27. The van der Waals surface area contributed by atoms with Gasteiger partial charge in [0.15, 0.2) is 5.17 Å². The Morgan fingerprint density at radius 3 is 2.42 bits per heavy atom. The van der Waals surface area contributed by atoms with Gasteiger partial charge in [0, 0.05) is 24.6 Å². The summed E-state index contributed by atoms with van der Waals surface area (Å²) in [5, 5.41) is 11.0. The maximum absolute atomic E-state index is 13.0. The summed E-state index contributed by atoms with van der Waals surface area (Å²) in [6.45, 7) is 14.0. The zero-order valence-corrected chi connectivity index (χ0v) is 30.0. The number of hydrogen-bond acceptors (Lipinski definition) is 6. The molecule has 0 bridgehead atoms. The summed E-state index contributed by atoms with van der Waals surface area (Å²) in [5.41, 5.74) is 1.80. The second-order valence-electron chi connectivity index (χ2n) is 17.0. The fraction of sp³-hybridized carbons (Fsp3) is 0.895. The predicted molar refractivity (Wildman–Crippen MR) is 185 cm³/mol. The van der Waals surface area contributed by atoms with E-state index in [0.29, 0.717) is 23.0 Å². The zero-order valence-electron chi connectivity index (χ0n) is 29.2. The van der Waals surface area contributed by atoms with Gasteiger partial charge in [0.1, 0.15) is 6.10 Å². The zero-order chi connectivity index (χ0) is 31.9. The SMILES string of the molecule is CC(=O)O[C@H]1CC[C@@]2(C)C(C1)/C(=N/N=C1\SCC(=O)N1C1CCCCC1)C[C@H]1[C@@H]3CC[C@H]([C@H](C)CCCC(C)C)[C@@]3(C)CC[C@@H]12. The van der Waals surface area contributed by atoms with E-state index in [2.05, 4.69) is 34.6 Å². The molecule has 1 heterocycles. The first-order valence-electron chi connectivity index (χ1n) is 18.8. The van der Waals surface area contributed by atoms with Crippen LogP contribution in [0.5, 0.6) is 0 Å². The largest absolute Gasteiger partial charge is 0.463 e. The summed E-state index contributed by atoms with van der Waals surface area (Å²) < 4.78 is 5.84. The van der Waals surface area contributed by atoms with Gasteiger partial charge in [-0.2, -0.15) is 5.10 Å². The number of rotatable bonds is 8. The van der Waals surface area contributed by atoms with Crippen molar-refractivity contribution in [2.45, 2.75) is 156 Å². The van der Waals surface area contributed by atoms with Crippen LogP contribution in [0.4, 0.5) is 0 Å². The lowest BCUT2D eigenvalue weighted by Crippen LogP contribution is -2.57. The topological polar surface area (TPSA) is 71.3 Å². The van der Waals surface area contributed by atoms with Crippen molar-refractivity contribution in [2.75, 3.05) is 5.75 Å². The number of esters is 1. The first-order valence-corrected chi connectivity index (χ1v) is 19.8. The molecule has 6 nitrogen and oxygen atoms in total. The van der Waals surface area contributed by atoms with Crippen LogP contribution in [-0.2, 0) is 14.3 Å². The van der Waals surface area contributed by atoms with Crippen LogP contribution in [0.25, 0.3) is 0 Å². The minimum atomic E-state index is -0.173. The van der Waals surface area contributed by atoms with Crippen LogP contribution in [0.1, 0.15) is 144 Å². The van der Waals surface area contributed by atoms with Crippen LogP contribution in [-0.4, -0.2) is 45.6 Å². The molecule has 45 heavy (non-hydrogen) atoms. The monoisotopic (exact) mass is 639 g/mol. The quantitative estimate of drug-likeness (QED) is 0.196. The highest BCUT2D eigenvalue weighted by molar-refractivity contribution is 8.15. The molecule has 0 radical (unpaired) electrons. The number of amidine groups is 1. The van der Waals surface area contributed by atoms with E-state index in [1.165, 1.54) is 69.9 Å². The van der Waals surface area contributed by atoms with Crippen LogP contribution in [0.3, 0.4) is 0 Å². The van der Waals surface area contributed by atoms with E-state index in [-0.39, 0.29) is 35.4 Å². The van der Waals surface area contributed by atoms with E-state index >= 15 is 0 Å². The van der Waals surface area contributed by atoms with E-state index in [1.54, 1.807) is 18.7 Å². The summed E-state index contributed by atoms with van der Waals surface area (Å²) >= 11 is 1.58. The number of carbonyl (C=O) groups excluding carboxylic acids is 2. The molecule has 5 aliphatic carbocycles. The molecular formula is C38H61N3O3S. The Morgan fingerprint density at radius 2 is 1.69 bits per heavy atom. The van der Waals surface area contributed by atoms with Crippen LogP contribution in [0, 0.1) is 52.3 Å². The second-order valence-corrected chi connectivity index (χ2v) is 17.9. The molecule has 0 spiro atoms. The van der Waals surface area contributed by atoms with Gasteiger partial charge in [0.05, 0.1) is 5.75 Å². The Morgan fingerprint density at radius 1 is 0.956 bits per heavy atom. The van der Waals surface area contributed by atoms with Crippen molar-refractivity contribution in [3.8, 4) is 0 Å². The van der Waals surface area contributed by atoms with Crippen molar-refractivity contribution in [1.82, 2.24) is 4.90 Å². The van der Waals surface area contributed by atoms with Crippen LogP contribution in [0.15, 0.2) is 10.2 Å². The molecule has 1 aliphatic heterocycles. The number of thioether (sulfide) groups is 1.